The van der Waals surface area contributed by atoms with Gasteiger partial charge in [0.1, 0.15) is 10.8 Å². The molecule has 2 rings (SSSR count). The average Bonchev–Trinajstić information content (AvgIpc) is 2.90. The number of hydrogen-bond acceptors (Lipinski definition) is 7. The number of nitrogens with one attached hydrogen (secondary N) is 1. The highest BCUT2D eigenvalue weighted by atomic mass is 32.2. The summed E-state index contributed by atoms with van der Waals surface area (Å²) < 4.78 is 10.5. The molecule has 0 aliphatic rings. The van der Waals surface area contributed by atoms with Crippen LogP contribution in [0, 0.1) is 13.8 Å². The maximum absolute atomic E-state index is 12.6. The van der Waals surface area contributed by atoms with Crippen molar-refractivity contribution in [3.63, 3.8) is 0 Å². The van der Waals surface area contributed by atoms with E-state index in [9.17, 15) is 9.59 Å². The van der Waals surface area contributed by atoms with Crippen molar-refractivity contribution in [2.75, 3.05) is 0 Å². The second-order valence-corrected chi connectivity index (χ2v) is 8.20. The number of thioether (sulfide) groups is 1. The SMILES string of the molecule is Cc1noc(C)c1CSc1ncccc1C(=O)O[C@@H](C)C(=O)NC(C)(C)C. The Hall–Kier alpha value is -2.35. The lowest BCUT2D eigenvalue weighted by molar-refractivity contribution is -0.130. The van der Waals surface area contributed by atoms with E-state index >= 15 is 0 Å². The zero-order chi connectivity index (χ0) is 20.2. The molecule has 0 aromatic carbocycles. The molecule has 0 bridgehead atoms. The maximum atomic E-state index is 12.6. The molecule has 7 nitrogen and oxygen atoms in total. The molecule has 0 aliphatic carbocycles. The van der Waals surface area contributed by atoms with E-state index in [-0.39, 0.29) is 5.91 Å². The lowest BCUT2D eigenvalue weighted by Crippen LogP contribution is -2.46. The molecule has 0 spiro atoms. The minimum Gasteiger partial charge on any atom is -0.449 e. The normalized spacial score (nSPS) is 12.5. The molecule has 146 valence electrons. The summed E-state index contributed by atoms with van der Waals surface area (Å²) in [7, 11) is 0. The summed E-state index contributed by atoms with van der Waals surface area (Å²) >= 11 is 1.39. The molecule has 2 aromatic heterocycles. The van der Waals surface area contributed by atoms with Crippen molar-refractivity contribution in [2.45, 2.75) is 64.0 Å². The van der Waals surface area contributed by atoms with Crippen molar-refractivity contribution in [1.29, 1.82) is 0 Å². The van der Waals surface area contributed by atoms with Gasteiger partial charge < -0.3 is 14.6 Å². The van der Waals surface area contributed by atoms with Gasteiger partial charge in [-0.1, -0.05) is 5.16 Å². The Labute approximate surface area is 163 Å². The van der Waals surface area contributed by atoms with Crippen LogP contribution in [-0.4, -0.2) is 33.7 Å². The second-order valence-electron chi connectivity index (χ2n) is 7.23. The predicted octanol–water partition coefficient (Wildman–Crippen LogP) is 3.44. The first-order valence-electron chi connectivity index (χ1n) is 8.61. The number of ether oxygens (including phenoxy) is 1. The summed E-state index contributed by atoms with van der Waals surface area (Å²) in [6.45, 7) is 10.9. The lowest BCUT2D eigenvalue weighted by atomic mass is 10.1. The van der Waals surface area contributed by atoms with Crippen LogP contribution in [0.3, 0.4) is 0 Å². The highest BCUT2D eigenvalue weighted by Crippen LogP contribution is 2.27. The van der Waals surface area contributed by atoms with Crippen LogP contribution in [-0.2, 0) is 15.3 Å². The number of esters is 1. The average molecular weight is 391 g/mol. The van der Waals surface area contributed by atoms with Crippen LogP contribution in [0.4, 0.5) is 0 Å². The van der Waals surface area contributed by atoms with Crippen molar-refractivity contribution in [2.24, 2.45) is 0 Å². The van der Waals surface area contributed by atoms with Crippen LogP contribution in [0.15, 0.2) is 27.9 Å². The zero-order valence-electron chi connectivity index (χ0n) is 16.5. The first kappa shape index (κ1) is 21.0. The quantitative estimate of drug-likeness (QED) is 0.595. The molecule has 0 aliphatic heterocycles. The fraction of sp³-hybridized carbons (Fsp3) is 0.474. The Morgan fingerprint density at radius 1 is 1.33 bits per heavy atom. The molecular formula is C19H25N3O4S. The standard InChI is InChI=1S/C19H25N3O4S/c1-11-15(12(2)26-22-11)10-27-17-14(8-7-9-20-17)18(24)25-13(3)16(23)21-19(4,5)6/h7-9,13H,10H2,1-6H3,(H,21,23)/t13-/m0/s1. The molecule has 1 atom stereocenters. The predicted molar refractivity (Wildman–Crippen MR) is 103 cm³/mol. The minimum atomic E-state index is -0.905. The highest BCUT2D eigenvalue weighted by molar-refractivity contribution is 7.98. The van der Waals surface area contributed by atoms with Gasteiger partial charge in [-0.15, -0.1) is 11.8 Å². The molecule has 0 unspecified atom stereocenters. The van der Waals surface area contributed by atoms with Crippen molar-refractivity contribution in [3.8, 4) is 0 Å². The number of pyridine rings is 1. The minimum absolute atomic E-state index is 0.324. The molecule has 8 heteroatoms. The molecule has 2 heterocycles. The van der Waals surface area contributed by atoms with Gasteiger partial charge in [0.2, 0.25) is 0 Å². The number of carbonyl (C=O) groups excluding carboxylic acids is 2. The number of hydrogen-bond donors (Lipinski definition) is 1. The fourth-order valence-corrected chi connectivity index (χ4v) is 3.39. The molecule has 1 amide bonds. The number of aromatic nitrogens is 2. The lowest BCUT2D eigenvalue weighted by Gasteiger charge is -2.23. The van der Waals surface area contributed by atoms with E-state index in [1.54, 1.807) is 25.3 Å². The van der Waals surface area contributed by atoms with Gasteiger partial charge in [0.15, 0.2) is 6.10 Å². The summed E-state index contributed by atoms with van der Waals surface area (Å²) in [4.78, 5) is 29.0. The summed E-state index contributed by atoms with van der Waals surface area (Å²) in [6, 6.07) is 3.30. The van der Waals surface area contributed by atoms with Gasteiger partial charge in [-0.25, -0.2) is 9.78 Å². The van der Waals surface area contributed by atoms with Gasteiger partial charge in [0.05, 0.1) is 11.3 Å². The van der Waals surface area contributed by atoms with Gasteiger partial charge in [-0.05, 0) is 53.7 Å². The van der Waals surface area contributed by atoms with E-state index < -0.39 is 17.6 Å². The third kappa shape index (κ3) is 5.82. The van der Waals surface area contributed by atoms with Gasteiger partial charge in [0, 0.05) is 23.1 Å². The van der Waals surface area contributed by atoms with Gasteiger partial charge in [0.25, 0.3) is 5.91 Å². The maximum Gasteiger partial charge on any atom is 0.341 e. The number of aryl methyl sites for hydroxylation is 2. The first-order chi connectivity index (χ1) is 12.6. The Morgan fingerprint density at radius 3 is 2.63 bits per heavy atom. The summed E-state index contributed by atoms with van der Waals surface area (Å²) in [5, 5.41) is 7.25. The van der Waals surface area contributed by atoms with E-state index in [1.807, 2.05) is 34.6 Å². The Morgan fingerprint density at radius 2 is 2.04 bits per heavy atom. The number of rotatable bonds is 6. The smallest absolute Gasteiger partial charge is 0.341 e. The van der Waals surface area contributed by atoms with Crippen LogP contribution >= 0.6 is 11.8 Å². The van der Waals surface area contributed by atoms with Gasteiger partial charge in [-0.3, -0.25) is 4.79 Å². The Balaban J connectivity index is 2.08. The molecule has 0 saturated heterocycles. The number of amides is 1. The summed E-state index contributed by atoms with van der Waals surface area (Å²) in [5.41, 5.74) is 1.71. The van der Waals surface area contributed by atoms with Crippen molar-refractivity contribution < 1.29 is 18.8 Å². The molecule has 0 radical (unpaired) electrons. The molecule has 0 saturated carbocycles. The van der Waals surface area contributed by atoms with E-state index in [1.165, 1.54) is 11.8 Å². The van der Waals surface area contributed by atoms with Crippen molar-refractivity contribution in [1.82, 2.24) is 15.5 Å². The van der Waals surface area contributed by atoms with Crippen LogP contribution in [0.1, 0.15) is 55.1 Å². The number of nitrogens with zero attached hydrogens (tertiary/aromatic N) is 2. The third-order valence-corrected chi connectivity index (χ3v) is 4.71. The van der Waals surface area contributed by atoms with Crippen LogP contribution in [0.2, 0.25) is 0 Å². The monoisotopic (exact) mass is 391 g/mol. The van der Waals surface area contributed by atoms with E-state index in [4.69, 9.17) is 9.26 Å². The molecule has 2 aromatic rings. The van der Waals surface area contributed by atoms with Crippen molar-refractivity contribution in [3.05, 3.63) is 40.9 Å². The van der Waals surface area contributed by atoms with Crippen LogP contribution < -0.4 is 5.32 Å². The highest BCUT2D eigenvalue weighted by Gasteiger charge is 2.24. The largest absolute Gasteiger partial charge is 0.449 e. The molecular weight excluding hydrogens is 366 g/mol. The Bertz CT molecular complexity index is 807. The third-order valence-electron chi connectivity index (χ3n) is 3.68. The zero-order valence-corrected chi connectivity index (χ0v) is 17.3. The van der Waals surface area contributed by atoms with Crippen LogP contribution in [0.25, 0.3) is 0 Å². The summed E-state index contributed by atoms with van der Waals surface area (Å²) in [6.07, 6.45) is 0.708. The van der Waals surface area contributed by atoms with Crippen molar-refractivity contribution >= 4 is 23.6 Å². The van der Waals surface area contributed by atoms with Gasteiger partial charge in [-0.2, -0.15) is 0 Å². The fourth-order valence-electron chi connectivity index (χ4n) is 2.26. The summed E-state index contributed by atoms with van der Waals surface area (Å²) in [5.74, 6) is 0.386. The second kappa shape index (κ2) is 8.56. The molecule has 27 heavy (non-hydrogen) atoms. The number of carbonyl (C=O) groups is 2. The van der Waals surface area contributed by atoms with Crippen LogP contribution in [0.5, 0.6) is 0 Å². The van der Waals surface area contributed by atoms with E-state index in [0.717, 1.165) is 17.0 Å². The molecule has 0 fully saturated rings. The van der Waals surface area contributed by atoms with Gasteiger partial charge >= 0.3 is 5.97 Å². The Kier molecular flexibility index (Phi) is 6.64. The van der Waals surface area contributed by atoms with E-state index in [2.05, 4.69) is 15.5 Å². The molecule has 1 N–H and O–H groups in total. The topological polar surface area (TPSA) is 94.3 Å². The first-order valence-corrected chi connectivity index (χ1v) is 9.59. The van der Waals surface area contributed by atoms with E-state index in [0.29, 0.717) is 16.3 Å².